The van der Waals surface area contributed by atoms with Gasteiger partial charge in [-0.05, 0) is 18.2 Å². The number of ether oxygens (including phenoxy) is 1. The molecule has 0 amide bonds. The lowest BCUT2D eigenvalue weighted by Crippen LogP contribution is -2.01. The minimum absolute atomic E-state index is 0.0716. The molecular weight excluding hydrogens is 232 g/mol. The van der Waals surface area contributed by atoms with E-state index in [0.29, 0.717) is 5.69 Å². The lowest BCUT2D eigenvalue weighted by molar-refractivity contribution is -0.136. The molecule has 0 saturated carbocycles. The van der Waals surface area contributed by atoms with Crippen LogP contribution in [0, 0.1) is 0 Å². The molecule has 1 heterocycles. The second-order valence-corrected chi connectivity index (χ2v) is 3.95. The Morgan fingerprint density at radius 2 is 2.22 bits per heavy atom. The van der Waals surface area contributed by atoms with Gasteiger partial charge in [-0.3, -0.25) is 9.48 Å². The van der Waals surface area contributed by atoms with Crippen LogP contribution in [0.3, 0.4) is 0 Å². The fourth-order valence-corrected chi connectivity index (χ4v) is 1.82. The standard InChI is InChI=1S/C13H14N2O3/c1-15-12(7-10(14-15)8-13(16)17)9-4-3-5-11(6-9)18-2/h3-7H,8H2,1-2H3,(H,16,17). The Morgan fingerprint density at radius 1 is 1.44 bits per heavy atom. The van der Waals surface area contributed by atoms with E-state index in [9.17, 15) is 4.79 Å². The molecule has 2 rings (SSSR count). The van der Waals surface area contributed by atoms with E-state index in [0.717, 1.165) is 17.0 Å². The van der Waals surface area contributed by atoms with Gasteiger partial charge in [0.2, 0.25) is 0 Å². The van der Waals surface area contributed by atoms with E-state index in [1.54, 1.807) is 24.9 Å². The topological polar surface area (TPSA) is 64.3 Å². The van der Waals surface area contributed by atoms with E-state index in [-0.39, 0.29) is 6.42 Å². The predicted molar refractivity (Wildman–Crippen MR) is 66.5 cm³/mol. The van der Waals surface area contributed by atoms with Crippen molar-refractivity contribution in [3.05, 3.63) is 36.0 Å². The summed E-state index contributed by atoms with van der Waals surface area (Å²) in [6.45, 7) is 0. The normalized spacial score (nSPS) is 10.3. The number of carbonyl (C=O) groups is 1. The van der Waals surface area contributed by atoms with Gasteiger partial charge in [-0.1, -0.05) is 12.1 Å². The van der Waals surface area contributed by atoms with Crippen molar-refractivity contribution in [3.63, 3.8) is 0 Å². The molecule has 0 aliphatic heterocycles. The molecule has 5 nitrogen and oxygen atoms in total. The van der Waals surface area contributed by atoms with Gasteiger partial charge in [-0.15, -0.1) is 0 Å². The minimum Gasteiger partial charge on any atom is -0.497 e. The number of aliphatic carboxylic acids is 1. The van der Waals surface area contributed by atoms with Crippen LogP contribution in [0.1, 0.15) is 5.69 Å². The van der Waals surface area contributed by atoms with Crippen LogP contribution < -0.4 is 4.74 Å². The summed E-state index contributed by atoms with van der Waals surface area (Å²) in [4.78, 5) is 10.7. The lowest BCUT2D eigenvalue weighted by atomic mass is 10.1. The van der Waals surface area contributed by atoms with Crippen LogP contribution in [-0.4, -0.2) is 28.0 Å². The molecule has 0 saturated heterocycles. The SMILES string of the molecule is COc1cccc(-c2cc(CC(=O)O)nn2C)c1. The number of aryl methyl sites for hydroxylation is 1. The van der Waals surface area contributed by atoms with Gasteiger partial charge in [-0.25, -0.2) is 0 Å². The molecule has 0 spiro atoms. The first-order chi connectivity index (χ1) is 8.60. The molecule has 18 heavy (non-hydrogen) atoms. The molecular formula is C13H14N2O3. The Morgan fingerprint density at radius 3 is 2.89 bits per heavy atom. The number of aromatic nitrogens is 2. The Bertz CT molecular complexity index is 575. The molecule has 1 N–H and O–H groups in total. The minimum atomic E-state index is -0.884. The smallest absolute Gasteiger partial charge is 0.309 e. The largest absolute Gasteiger partial charge is 0.497 e. The third-order valence-electron chi connectivity index (χ3n) is 2.63. The first kappa shape index (κ1) is 12.2. The molecule has 0 bridgehead atoms. The third kappa shape index (κ3) is 2.51. The van der Waals surface area contributed by atoms with Gasteiger partial charge >= 0.3 is 5.97 Å². The average molecular weight is 246 g/mol. The van der Waals surface area contributed by atoms with E-state index in [2.05, 4.69) is 5.10 Å². The number of rotatable bonds is 4. The summed E-state index contributed by atoms with van der Waals surface area (Å²) in [7, 11) is 3.40. The zero-order chi connectivity index (χ0) is 13.1. The van der Waals surface area contributed by atoms with E-state index >= 15 is 0 Å². The molecule has 0 radical (unpaired) electrons. The molecule has 0 aliphatic carbocycles. The summed E-state index contributed by atoms with van der Waals surface area (Å²) in [6, 6.07) is 9.35. The first-order valence-electron chi connectivity index (χ1n) is 5.49. The van der Waals surface area contributed by atoms with Crippen LogP contribution in [0.5, 0.6) is 5.75 Å². The van der Waals surface area contributed by atoms with Gasteiger partial charge in [0.25, 0.3) is 0 Å². The Balaban J connectivity index is 2.37. The summed E-state index contributed by atoms with van der Waals surface area (Å²) >= 11 is 0. The number of carboxylic acids is 1. The number of methoxy groups -OCH3 is 1. The van der Waals surface area contributed by atoms with E-state index in [4.69, 9.17) is 9.84 Å². The van der Waals surface area contributed by atoms with E-state index in [1.165, 1.54) is 0 Å². The number of benzene rings is 1. The van der Waals surface area contributed by atoms with Crippen molar-refractivity contribution in [2.75, 3.05) is 7.11 Å². The first-order valence-corrected chi connectivity index (χ1v) is 5.49. The molecule has 94 valence electrons. The summed E-state index contributed by atoms with van der Waals surface area (Å²) < 4.78 is 6.84. The zero-order valence-corrected chi connectivity index (χ0v) is 10.3. The van der Waals surface area contributed by atoms with Crippen molar-refractivity contribution in [3.8, 4) is 17.0 Å². The van der Waals surface area contributed by atoms with Crippen LogP contribution in [0.25, 0.3) is 11.3 Å². The highest BCUT2D eigenvalue weighted by Gasteiger charge is 2.10. The maximum atomic E-state index is 10.7. The second-order valence-electron chi connectivity index (χ2n) is 3.95. The average Bonchev–Trinajstić information content (AvgIpc) is 2.69. The van der Waals surface area contributed by atoms with E-state index in [1.807, 2.05) is 24.3 Å². The Hall–Kier alpha value is -2.30. The van der Waals surface area contributed by atoms with E-state index < -0.39 is 5.97 Å². The van der Waals surface area contributed by atoms with Crippen molar-refractivity contribution in [1.82, 2.24) is 9.78 Å². The predicted octanol–water partition coefficient (Wildman–Crippen LogP) is 1.72. The van der Waals surface area contributed by atoms with Crippen molar-refractivity contribution in [2.45, 2.75) is 6.42 Å². The van der Waals surface area contributed by atoms with Gasteiger partial charge < -0.3 is 9.84 Å². The van der Waals surface area contributed by atoms with Crippen molar-refractivity contribution < 1.29 is 14.6 Å². The fourth-order valence-electron chi connectivity index (χ4n) is 1.82. The fraction of sp³-hybridized carbons (Fsp3) is 0.231. The van der Waals surface area contributed by atoms with Crippen molar-refractivity contribution in [1.29, 1.82) is 0 Å². The maximum Gasteiger partial charge on any atom is 0.309 e. The van der Waals surface area contributed by atoms with Gasteiger partial charge in [-0.2, -0.15) is 5.10 Å². The van der Waals surface area contributed by atoms with Gasteiger partial charge in [0.1, 0.15) is 5.75 Å². The van der Waals surface area contributed by atoms with Gasteiger partial charge in [0.15, 0.2) is 0 Å². The Labute approximate surface area is 105 Å². The van der Waals surface area contributed by atoms with Crippen LogP contribution in [0.2, 0.25) is 0 Å². The summed E-state index contributed by atoms with van der Waals surface area (Å²) in [5.74, 6) is -0.126. The molecule has 0 unspecified atom stereocenters. The molecule has 0 fully saturated rings. The number of carboxylic acid groups (broad SMARTS) is 1. The highest BCUT2D eigenvalue weighted by molar-refractivity contribution is 5.71. The zero-order valence-electron chi connectivity index (χ0n) is 10.3. The van der Waals surface area contributed by atoms with Crippen molar-refractivity contribution in [2.24, 2.45) is 7.05 Å². The monoisotopic (exact) mass is 246 g/mol. The third-order valence-corrected chi connectivity index (χ3v) is 2.63. The van der Waals surface area contributed by atoms with Crippen LogP contribution in [0.15, 0.2) is 30.3 Å². The number of hydrogen-bond acceptors (Lipinski definition) is 3. The molecule has 2 aromatic rings. The van der Waals surface area contributed by atoms with Crippen molar-refractivity contribution >= 4 is 5.97 Å². The van der Waals surface area contributed by atoms with Crippen LogP contribution in [-0.2, 0) is 18.3 Å². The van der Waals surface area contributed by atoms with Crippen LogP contribution in [0.4, 0.5) is 0 Å². The molecule has 1 aromatic heterocycles. The molecule has 1 aromatic carbocycles. The molecule has 0 aliphatic rings. The summed E-state index contributed by atoms with van der Waals surface area (Å²) in [5, 5.41) is 12.9. The molecule has 0 atom stereocenters. The molecule has 5 heteroatoms. The van der Waals surface area contributed by atoms with Crippen LogP contribution >= 0.6 is 0 Å². The quantitative estimate of drug-likeness (QED) is 0.892. The highest BCUT2D eigenvalue weighted by Crippen LogP contribution is 2.24. The van der Waals surface area contributed by atoms with Gasteiger partial charge in [0, 0.05) is 12.6 Å². The summed E-state index contributed by atoms with van der Waals surface area (Å²) in [6.07, 6.45) is -0.0716. The highest BCUT2D eigenvalue weighted by atomic mass is 16.5. The second kappa shape index (κ2) is 4.91. The summed E-state index contributed by atoms with van der Waals surface area (Å²) in [5.41, 5.74) is 2.36. The number of nitrogens with zero attached hydrogens (tertiary/aromatic N) is 2. The number of hydrogen-bond donors (Lipinski definition) is 1. The van der Waals surface area contributed by atoms with Gasteiger partial charge in [0.05, 0.1) is 24.9 Å². The Kier molecular flexibility index (Phi) is 3.32. The lowest BCUT2D eigenvalue weighted by Gasteiger charge is -2.04. The maximum absolute atomic E-state index is 10.7.